The highest BCUT2D eigenvalue weighted by Gasteiger charge is 2.38. The van der Waals surface area contributed by atoms with Crippen LogP contribution in [0.25, 0.3) is 0 Å². The van der Waals surface area contributed by atoms with Crippen molar-refractivity contribution < 1.29 is 13.2 Å². The summed E-state index contributed by atoms with van der Waals surface area (Å²) in [6.07, 6.45) is -2.87. The fourth-order valence-electron chi connectivity index (χ4n) is 1.02. The van der Waals surface area contributed by atoms with Gasteiger partial charge in [0.15, 0.2) is 9.39 Å². The van der Waals surface area contributed by atoms with E-state index in [1.54, 1.807) is 22.6 Å². The van der Waals surface area contributed by atoms with Gasteiger partial charge in [-0.25, -0.2) is 4.68 Å². The lowest BCUT2D eigenvalue weighted by molar-refractivity contribution is -0.145. The molecule has 1 aromatic heterocycles. The molecule has 0 unspecified atom stereocenters. The van der Waals surface area contributed by atoms with E-state index in [0.29, 0.717) is 6.42 Å². The zero-order valence-electron chi connectivity index (χ0n) is 7.47. The molecule has 7 heteroatoms. The van der Waals surface area contributed by atoms with Gasteiger partial charge in [0.25, 0.3) is 0 Å². The average molecular weight is 319 g/mol. The highest BCUT2D eigenvalue weighted by Crippen LogP contribution is 2.31. The van der Waals surface area contributed by atoms with Crippen LogP contribution in [0.2, 0.25) is 0 Å². The Balaban J connectivity index is 2.95. The van der Waals surface area contributed by atoms with Gasteiger partial charge in [-0.15, -0.1) is 5.10 Å². The number of aryl methyl sites for hydroxylation is 1. The molecule has 0 aliphatic carbocycles. The molecule has 1 rings (SSSR count). The van der Waals surface area contributed by atoms with Crippen LogP contribution in [0.4, 0.5) is 13.2 Å². The highest BCUT2D eigenvalue weighted by molar-refractivity contribution is 14.1. The van der Waals surface area contributed by atoms with E-state index in [-0.39, 0.29) is 10.2 Å². The molecule has 0 fully saturated rings. The largest absolute Gasteiger partial charge is 0.435 e. The molecule has 0 saturated heterocycles. The van der Waals surface area contributed by atoms with E-state index in [9.17, 15) is 13.2 Å². The maximum absolute atomic E-state index is 12.5. The third-order valence-corrected chi connectivity index (χ3v) is 2.41. The average Bonchev–Trinajstić information content (AvgIpc) is 2.42. The molecule has 3 nitrogen and oxygen atoms in total. The zero-order valence-corrected chi connectivity index (χ0v) is 9.63. The highest BCUT2D eigenvalue weighted by atomic mass is 127. The van der Waals surface area contributed by atoms with Crippen molar-refractivity contribution in [3.05, 3.63) is 9.39 Å². The molecule has 0 amide bonds. The summed E-state index contributed by atoms with van der Waals surface area (Å²) in [4.78, 5) is 0. The second-order valence-electron chi connectivity index (χ2n) is 2.80. The SMILES string of the molecule is CCCCn1nnc(I)c1C(F)(F)F. The maximum Gasteiger partial charge on any atom is 0.435 e. The van der Waals surface area contributed by atoms with Crippen LogP contribution in [-0.4, -0.2) is 15.0 Å². The number of hydrogen-bond acceptors (Lipinski definition) is 2. The van der Waals surface area contributed by atoms with E-state index in [1.165, 1.54) is 0 Å². The Kier molecular flexibility index (Phi) is 3.73. The van der Waals surface area contributed by atoms with Crippen molar-refractivity contribution >= 4 is 22.6 Å². The second-order valence-corrected chi connectivity index (χ2v) is 3.83. The van der Waals surface area contributed by atoms with Gasteiger partial charge < -0.3 is 0 Å². The van der Waals surface area contributed by atoms with Crippen molar-refractivity contribution in [2.45, 2.75) is 32.5 Å². The molecule has 0 aromatic carbocycles. The third kappa shape index (κ3) is 2.58. The zero-order chi connectivity index (χ0) is 10.8. The first-order chi connectivity index (χ1) is 6.46. The van der Waals surface area contributed by atoms with Crippen LogP contribution in [0, 0.1) is 3.70 Å². The maximum atomic E-state index is 12.5. The number of rotatable bonds is 3. The van der Waals surface area contributed by atoms with Crippen molar-refractivity contribution in [1.29, 1.82) is 0 Å². The first-order valence-electron chi connectivity index (χ1n) is 4.13. The van der Waals surface area contributed by atoms with Gasteiger partial charge in [-0.3, -0.25) is 0 Å². The molecule has 80 valence electrons. The monoisotopic (exact) mass is 319 g/mol. The smallest absolute Gasteiger partial charge is 0.239 e. The van der Waals surface area contributed by atoms with E-state index in [2.05, 4.69) is 10.3 Å². The van der Waals surface area contributed by atoms with Crippen LogP contribution in [-0.2, 0) is 12.7 Å². The summed E-state index contributed by atoms with van der Waals surface area (Å²) in [5.41, 5.74) is -0.744. The molecule has 0 spiro atoms. The van der Waals surface area contributed by atoms with E-state index < -0.39 is 11.9 Å². The molecule has 0 aliphatic rings. The fourth-order valence-corrected chi connectivity index (χ4v) is 1.70. The van der Waals surface area contributed by atoms with Gasteiger partial charge in [-0.1, -0.05) is 18.6 Å². The summed E-state index contributed by atoms with van der Waals surface area (Å²) in [6, 6.07) is 0. The topological polar surface area (TPSA) is 30.7 Å². The second kappa shape index (κ2) is 4.45. The van der Waals surface area contributed by atoms with E-state index in [4.69, 9.17) is 0 Å². The number of unbranched alkanes of at least 4 members (excludes halogenated alkanes) is 1. The lowest BCUT2D eigenvalue weighted by Gasteiger charge is -2.08. The predicted molar refractivity (Wildman–Crippen MR) is 52.6 cm³/mol. The fraction of sp³-hybridized carbons (Fsp3) is 0.714. The van der Waals surface area contributed by atoms with E-state index in [0.717, 1.165) is 11.1 Å². The number of halogens is 4. The molecular formula is C7H9F3IN3. The summed E-state index contributed by atoms with van der Waals surface area (Å²) >= 11 is 1.54. The molecule has 1 aromatic rings. The van der Waals surface area contributed by atoms with Crippen molar-refractivity contribution in [2.24, 2.45) is 0 Å². The number of hydrogen-bond donors (Lipinski definition) is 0. The Labute approximate surface area is 92.8 Å². The Morgan fingerprint density at radius 2 is 2.07 bits per heavy atom. The van der Waals surface area contributed by atoms with Gasteiger partial charge in [-0.05, 0) is 29.0 Å². The predicted octanol–water partition coefficient (Wildman–Crippen LogP) is 2.70. The van der Waals surface area contributed by atoms with Crippen LogP contribution >= 0.6 is 22.6 Å². The van der Waals surface area contributed by atoms with Gasteiger partial charge in [0, 0.05) is 6.54 Å². The first kappa shape index (κ1) is 11.7. The molecule has 0 radical (unpaired) electrons. The van der Waals surface area contributed by atoms with Crippen LogP contribution in [0.5, 0.6) is 0 Å². The van der Waals surface area contributed by atoms with Crippen molar-refractivity contribution in [1.82, 2.24) is 15.0 Å². The molecule has 1 heterocycles. The summed E-state index contributed by atoms with van der Waals surface area (Å²) in [5.74, 6) is 0. The normalized spacial score (nSPS) is 12.1. The lowest BCUT2D eigenvalue weighted by atomic mass is 10.3. The Bertz CT molecular complexity index is 308. The summed E-state index contributed by atoms with van der Waals surface area (Å²) < 4.78 is 38.2. The minimum Gasteiger partial charge on any atom is -0.239 e. The summed E-state index contributed by atoms with van der Waals surface area (Å²) in [6.45, 7) is 2.18. The van der Waals surface area contributed by atoms with Crippen LogP contribution in [0.3, 0.4) is 0 Å². The van der Waals surface area contributed by atoms with E-state index in [1.807, 2.05) is 6.92 Å². The van der Waals surface area contributed by atoms with Crippen LogP contribution in [0.15, 0.2) is 0 Å². The Morgan fingerprint density at radius 3 is 2.57 bits per heavy atom. The summed E-state index contributed by atoms with van der Waals surface area (Å²) in [5, 5.41) is 6.87. The molecule has 0 saturated carbocycles. The number of alkyl halides is 3. The third-order valence-electron chi connectivity index (χ3n) is 1.69. The lowest BCUT2D eigenvalue weighted by Crippen LogP contribution is -2.16. The van der Waals surface area contributed by atoms with Gasteiger partial charge in [0.05, 0.1) is 0 Å². The molecule has 14 heavy (non-hydrogen) atoms. The van der Waals surface area contributed by atoms with Gasteiger partial charge >= 0.3 is 6.18 Å². The molecule has 0 N–H and O–H groups in total. The number of aromatic nitrogens is 3. The molecule has 0 aliphatic heterocycles. The van der Waals surface area contributed by atoms with Crippen molar-refractivity contribution in [2.75, 3.05) is 0 Å². The first-order valence-corrected chi connectivity index (χ1v) is 5.21. The molecule has 0 atom stereocenters. The van der Waals surface area contributed by atoms with E-state index >= 15 is 0 Å². The van der Waals surface area contributed by atoms with Crippen LogP contribution < -0.4 is 0 Å². The minimum atomic E-state index is -4.37. The van der Waals surface area contributed by atoms with Crippen molar-refractivity contribution in [3.63, 3.8) is 0 Å². The quantitative estimate of drug-likeness (QED) is 0.802. The van der Waals surface area contributed by atoms with Crippen molar-refractivity contribution in [3.8, 4) is 0 Å². The summed E-state index contributed by atoms with van der Waals surface area (Å²) in [7, 11) is 0. The van der Waals surface area contributed by atoms with Gasteiger partial charge in [0.1, 0.15) is 0 Å². The molecular weight excluding hydrogens is 310 g/mol. The number of nitrogens with zero attached hydrogens (tertiary/aromatic N) is 3. The standard InChI is InChI=1S/C7H9F3IN3/c1-2-3-4-14-5(7(8,9)10)6(11)12-13-14/h2-4H2,1H3. The Morgan fingerprint density at radius 1 is 1.43 bits per heavy atom. The minimum absolute atomic E-state index is 0.0915. The van der Waals surface area contributed by atoms with Gasteiger partial charge in [0.2, 0.25) is 0 Å². The van der Waals surface area contributed by atoms with Gasteiger partial charge in [-0.2, -0.15) is 13.2 Å². The Hall–Kier alpha value is -0.340. The molecule has 0 bridgehead atoms. The van der Waals surface area contributed by atoms with Crippen LogP contribution in [0.1, 0.15) is 25.5 Å².